The first-order valence-corrected chi connectivity index (χ1v) is 6.26. The molecule has 0 radical (unpaired) electrons. The number of esters is 1. The highest BCUT2D eigenvalue weighted by molar-refractivity contribution is 9.10. The van der Waals surface area contributed by atoms with Gasteiger partial charge in [-0.25, -0.2) is 4.79 Å². The number of nitrogens with zero attached hydrogens (tertiary/aromatic N) is 1. The van der Waals surface area contributed by atoms with E-state index in [1.165, 1.54) is 12.1 Å². The topological polar surface area (TPSA) is 91.2 Å². The van der Waals surface area contributed by atoms with Crippen molar-refractivity contribution < 1.29 is 9.53 Å². The number of nitrogens with two attached hydrogens (primary N) is 2. The Kier molecular flexibility index (Phi) is 4.01. The molecule has 0 atom stereocenters. The molecule has 0 aliphatic rings. The van der Waals surface area contributed by atoms with E-state index in [2.05, 4.69) is 20.9 Å². The predicted molar refractivity (Wildman–Crippen MR) is 76.3 cm³/mol. The molecule has 19 heavy (non-hydrogen) atoms. The summed E-state index contributed by atoms with van der Waals surface area (Å²) in [5.41, 5.74) is 13.2. The molecule has 1 aromatic carbocycles. The van der Waals surface area contributed by atoms with Gasteiger partial charge in [-0.3, -0.25) is 4.98 Å². The molecule has 5 nitrogen and oxygen atoms in total. The Morgan fingerprint density at radius 3 is 2.47 bits per heavy atom. The van der Waals surface area contributed by atoms with E-state index in [1.807, 2.05) is 6.07 Å². The summed E-state index contributed by atoms with van der Waals surface area (Å²) in [6.07, 6.45) is 3.29. The van der Waals surface area contributed by atoms with Crippen LogP contribution in [0, 0.1) is 0 Å². The molecule has 0 aliphatic heterocycles. The number of aromatic nitrogens is 1. The van der Waals surface area contributed by atoms with E-state index in [0.717, 1.165) is 10.0 Å². The molecule has 0 bridgehead atoms. The van der Waals surface area contributed by atoms with Gasteiger partial charge in [-0.05, 0) is 40.2 Å². The number of nitrogen functional groups attached to an aromatic ring is 2. The van der Waals surface area contributed by atoms with Gasteiger partial charge in [0.05, 0.1) is 5.56 Å². The Morgan fingerprint density at radius 2 is 1.84 bits per heavy atom. The molecular formula is C13H12BrN3O2. The van der Waals surface area contributed by atoms with Crippen molar-refractivity contribution in [2.45, 2.75) is 6.61 Å². The maximum absolute atomic E-state index is 11.8. The number of hydrogen-bond donors (Lipinski definition) is 2. The Morgan fingerprint density at radius 1 is 1.16 bits per heavy atom. The quantitative estimate of drug-likeness (QED) is 0.669. The lowest BCUT2D eigenvalue weighted by molar-refractivity contribution is 0.0472. The Balaban J connectivity index is 2.05. The van der Waals surface area contributed by atoms with Crippen LogP contribution in [0.5, 0.6) is 0 Å². The number of halogens is 1. The van der Waals surface area contributed by atoms with Crippen LogP contribution in [0.3, 0.4) is 0 Å². The van der Waals surface area contributed by atoms with Gasteiger partial charge in [-0.1, -0.05) is 0 Å². The predicted octanol–water partition coefficient (Wildman–Crippen LogP) is 2.37. The van der Waals surface area contributed by atoms with Crippen LogP contribution < -0.4 is 11.5 Å². The van der Waals surface area contributed by atoms with Crippen molar-refractivity contribution in [3.8, 4) is 0 Å². The first-order chi connectivity index (χ1) is 9.04. The fourth-order valence-corrected chi connectivity index (χ4v) is 1.97. The zero-order valence-electron chi connectivity index (χ0n) is 9.97. The number of carbonyl (C=O) groups is 1. The first-order valence-electron chi connectivity index (χ1n) is 5.47. The lowest BCUT2D eigenvalue weighted by Crippen LogP contribution is -2.07. The smallest absolute Gasteiger partial charge is 0.338 e. The standard InChI is InChI=1S/C13H12BrN3O2/c14-10-1-8(5-17-6-10)7-19-13(18)9-2-11(15)4-12(16)3-9/h1-6H,7,15-16H2. The number of ether oxygens (including phenoxy) is 1. The maximum atomic E-state index is 11.8. The fraction of sp³-hybridized carbons (Fsp3) is 0.0769. The molecule has 0 saturated carbocycles. The van der Waals surface area contributed by atoms with E-state index in [9.17, 15) is 4.79 Å². The Bertz CT molecular complexity index is 596. The summed E-state index contributed by atoms with van der Waals surface area (Å²) >= 11 is 3.30. The van der Waals surface area contributed by atoms with E-state index >= 15 is 0 Å². The lowest BCUT2D eigenvalue weighted by Gasteiger charge is -2.06. The number of anilines is 2. The van der Waals surface area contributed by atoms with Crippen molar-refractivity contribution in [2.75, 3.05) is 11.5 Å². The van der Waals surface area contributed by atoms with Crippen LogP contribution in [-0.2, 0) is 11.3 Å². The van der Waals surface area contributed by atoms with Crippen LogP contribution in [0.25, 0.3) is 0 Å². The van der Waals surface area contributed by atoms with Gasteiger partial charge in [0.2, 0.25) is 0 Å². The van der Waals surface area contributed by atoms with Crippen LogP contribution in [0.1, 0.15) is 15.9 Å². The summed E-state index contributed by atoms with van der Waals surface area (Å²) in [4.78, 5) is 15.8. The summed E-state index contributed by atoms with van der Waals surface area (Å²) in [7, 11) is 0. The summed E-state index contributed by atoms with van der Waals surface area (Å²) < 4.78 is 6.00. The molecule has 0 spiro atoms. The zero-order chi connectivity index (χ0) is 13.8. The molecule has 2 rings (SSSR count). The normalized spacial score (nSPS) is 10.2. The van der Waals surface area contributed by atoms with E-state index in [0.29, 0.717) is 16.9 Å². The summed E-state index contributed by atoms with van der Waals surface area (Å²) in [6.45, 7) is 0.139. The monoisotopic (exact) mass is 321 g/mol. The molecular weight excluding hydrogens is 310 g/mol. The highest BCUT2D eigenvalue weighted by Gasteiger charge is 2.09. The van der Waals surface area contributed by atoms with E-state index in [1.54, 1.807) is 18.5 Å². The third-order valence-corrected chi connectivity index (χ3v) is 2.78. The highest BCUT2D eigenvalue weighted by Crippen LogP contribution is 2.16. The fourth-order valence-electron chi connectivity index (χ4n) is 1.56. The van der Waals surface area contributed by atoms with Crippen molar-refractivity contribution >= 4 is 33.3 Å². The van der Waals surface area contributed by atoms with Gasteiger partial charge in [0.1, 0.15) is 6.61 Å². The van der Waals surface area contributed by atoms with Gasteiger partial charge in [0.15, 0.2) is 0 Å². The maximum Gasteiger partial charge on any atom is 0.338 e. The second kappa shape index (κ2) is 5.71. The molecule has 1 heterocycles. The first kappa shape index (κ1) is 13.4. The van der Waals surface area contributed by atoms with Crippen LogP contribution in [0.15, 0.2) is 41.1 Å². The summed E-state index contributed by atoms with van der Waals surface area (Å²) in [6, 6.07) is 6.46. The van der Waals surface area contributed by atoms with Gasteiger partial charge in [0.25, 0.3) is 0 Å². The zero-order valence-corrected chi connectivity index (χ0v) is 11.6. The SMILES string of the molecule is Nc1cc(N)cc(C(=O)OCc2cncc(Br)c2)c1. The van der Waals surface area contributed by atoms with Gasteiger partial charge in [-0.2, -0.15) is 0 Å². The number of hydrogen-bond acceptors (Lipinski definition) is 5. The van der Waals surface area contributed by atoms with Crippen LogP contribution in [-0.4, -0.2) is 11.0 Å². The van der Waals surface area contributed by atoms with Gasteiger partial charge < -0.3 is 16.2 Å². The van der Waals surface area contributed by atoms with Gasteiger partial charge >= 0.3 is 5.97 Å². The molecule has 1 aromatic heterocycles. The molecule has 0 amide bonds. The van der Waals surface area contributed by atoms with Crippen molar-refractivity contribution in [3.63, 3.8) is 0 Å². The summed E-state index contributed by atoms with van der Waals surface area (Å²) in [5.74, 6) is -0.473. The molecule has 6 heteroatoms. The number of benzene rings is 1. The van der Waals surface area contributed by atoms with Gasteiger partial charge in [0, 0.05) is 33.8 Å². The minimum absolute atomic E-state index is 0.139. The van der Waals surface area contributed by atoms with Crippen molar-refractivity contribution in [1.82, 2.24) is 4.98 Å². The third kappa shape index (κ3) is 3.69. The van der Waals surface area contributed by atoms with Gasteiger partial charge in [-0.15, -0.1) is 0 Å². The molecule has 0 saturated heterocycles. The van der Waals surface area contributed by atoms with E-state index in [-0.39, 0.29) is 6.61 Å². The van der Waals surface area contributed by atoms with Crippen LogP contribution in [0.2, 0.25) is 0 Å². The minimum atomic E-state index is -0.473. The molecule has 0 aliphatic carbocycles. The highest BCUT2D eigenvalue weighted by atomic mass is 79.9. The number of pyridine rings is 1. The van der Waals surface area contributed by atoms with E-state index < -0.39 is 5.97 Å². The average molecular weight is 322 g/mol. The van der Waals surface area contributed by atoms with Crippen LogP contribution in [0.4, 0.5) is 11.4 Å². The molecule has 98 valence electrons. The lowest BCUT2D eigenvalue weighted by atomic mass is 10.2. The second-order valence-electron chi connectivity index (χ2n) is 3.98. The third-order valence-electron chi connectivity index (χ3n) is 2.34. The number of rotatable bonds is 3. The minimum Gasteiger partial charge on any atom is -0.457 e. The second-order valence-corrected chi connectivity index (χ2v) is 4.89. The largest absolute Gasteiger partial charge is 0.457 e. The Hall–Kier alpha value is -2.08. The Labute approximate surface area is 118 Å². The number of carbonyl (C=O) groups excluding carboxylic acids is 1. The molecule has 2 aromatic rings. The van der Waals surface area contributed by atoms with Crippen molar-refractivity contribution in [2.24, 2.45) is 0 Å². The average Bonchev–Trinajstić information content (AvgIpc) is 2.35. The molecule has 0 fully saturated rings. The van der Waals surface area contributed by atoms with Crippen LogP contribution >= 0.6 is 15.9 Å². The van der Waals surface area contributed by atoms with Crippen molar-refractivity contribution in [1.29, 1.82) is 0 Å². The van der Waals surface area contributed by atoms with E-state index in [4.69, 9.17) is 16.2 Å². The summed E-state index contributed by atoms with van der Waals surface area (Å²) in [5, 5.41) is 0. The van der Waals surface area contributed by atoms with Crippen molar-refractivity contribution in [3.05, 3.63) is 52.3 Å². The molecule has 4 N–H and O–H groups in total. The molecule has 0 unspecified atom stereocenters.